The first-order chi connectivity index (χ1) is 21.7. The Kier molecular flexibility index (Phi) is 7.23. The molecule has 0 bridgehead atoms. The minimum atomic E-state index is -0.437. The number of aromatic nitrogens is 5. The number of imidazole rings is 1. The number of aromatic amines is 2. The van der Waals surface area contributed by atoms with Crippen LogP contribution < -0.4 is 26.6 Å². The Morgan fingerprint density at radius 2 is 1.67 bits per heavy atom. The zero-order chi connectivity index (χ0) is 31.4. The number of anilines is 2. The van der Waals surface area contributed by atoms with E-state index in [-0.39, 0.29) is 22.9 Å². The Hall–Kier alpha value is -4.84. The topological polar surface area (TPSA) is 132 Å². The summed E-state index contributed by atoms with van der Waals surface area (Å²) in [7, 11) is 3.03. The lowest BCUT2D eigenvalue weighted by Gasteiger charge is -2.39. The van der Waals surface area contributed by atoms with Gasteiger partial charge < -0.3 is 24.7 Å². The largest absolute Gasteiger partial charge is 0.366 e. The second kappa shape index (κ2) is 11.3. The van der Waals surface area contributed by atoms with Gasteiger partial charge in [-0.1, -0.05) is 41.9 Å². The first-order valence-corrected chi connectivity index (χ1v) is 15.4. The van der Waals surface area contributed by atoms with Crippen LogP contribution in [0.25, 0.3) is 33.2 Å². The Bertz CT molecular complexity index is 2130. The number of nitrogens with one attached hydrogen (secondary N) is 2. The van der Waals surface area contributed by atoms with Crippen molar-refractivity contribution in [3.8, 4) is 11.1 Å². The number of rotatable bonds is 4. The van der Waals surface area contributed by atoms with Crippen molar-refractivity contribution in [2.24, 2.45) is 20.0 Å². The third-order valence-corrected chi connectivity index (χ3v) is 9.31. The number of H-pyrrole nitrogens is 2. The molecule has 2 aliphatic heterocycles. The lowest BCUT2D eigenvalue weighted by molar-refractivity contribution is -0.136. The number of carbonyl (C=O) groups is 1. The molecule has 0 unspecified atom stereocenters. The van der Waals surface area contributed by atoms with Gasteiger partial charge in [0.05, 0.1) is 5.92 Å². The number of pyridine rings is 1. The number of nitrogens with zero attached hydrogens (tertiary/aromatic N) is 6. The molecule has 232 valence electrons. The number of amides is 1. The van der Waals surface area contributed by atoms with Crippen LogP contribution in [0.3, 0.4) is 0 Å². The van der Waals surface area contributed by atoms with E-state index in [0.717, 1.165) is 33.9 Å². The summed E-state index contributed by atoms with van der Waals surface area (Å²) >= 11 is 6.41. The van der Waals surface area contributed by atoms with Gasteiger partial charge in [-0.25, -0.2) is 4.79 Å². The first-order valence-electron chi connectivity index (χ1n) is 15.1. The highest BCUT2D eigenvalue weighted by Gasteiger charge is 2.33. The van der Waals surface area contributed by atoms with Crippen LogP contribution >= 0.6 is 11.6 Å². The molecule has 2 N–H and O–H groups in total. The van der Waals surface area contributed by atoms with Gasteiger partial charge in [0.1, 0.15) is 5.69 Å². The minimum absolute atomic E-state index is 0.0711. The fourth-order valence-corrected chi connectivity index (χ4v) is 6.87. The average Bonchev–Trinajstić information content (AvgIpc) is 3.52. The van der Waals surface area contributed by atoms with Crippen molar-refractivity contribution in [1.29, 1.82) is 0 Å². The van der Waals surface area contributed by atoms with Crippen molar-refractivity contribution in [2.45, 2.75) is 12.8 Å². The molecule has 2 fully saturated rings. The molecule has 2 aliphatic rings. The van der Waals surface area contributed by atoms with Gasteiger partial charge in [-0.15, -0.1) is 0 Å². The molecule has 5 aromatic rings. The summed E-state index contributed by atoms with van der Waals surface area (Å²) in [5, 5.41) is 1.44. The molecule has 12 nitrogen and oxygen atoms in total. The van der Waals surface area contributed by atoms with E-state index in [1.54, 1.807) is 13.1 Å². The van der Waals surface area contributed by atoms with Crippen molar-refractivity contribution in [2.75, 3.05) is 49.1 Å². The molecule has 7 rings (SSSR count). The molecule has 13 heteroatoms. The number of aryl methyl sites for hydroxylation is 1. The Morgan fingerprint density at radius 3 is 2.42 bits per heavy atom. The predicted molar refractivity (Wildman–Crippen MR) is 175 cm³/mol. The van der Waals surface area contributed by atoms with Crippen LogP contribution in [0.5, 0.6) is 0 Å². The molecule has 0 aliphatic carbocycles. The monoisotopic (exact) mass is 628 g/mol. The zero-order valence-electron chi connectivity index (χ0n) is 25.0. The average molecular weight is 629 g/mol. The van der Waals surface area contributed by atoms with Gasteiger partial charge >= 0.3 is 5.69 Å². The summed E-state index contributed by atoms with van der Waals surface area (Å²) in [6.45, 7) is 3.15. The smallest absolute Gasteiger partial charge is 0.332 e. The van der Waals surface area contributed by atoms with Crippen molar-refractivity contribution in [3.63, 3.8) is 0 Å². The highest BCUT2D eigenvalue weighted by molar-refractivity contribution is 6.31. The van der Waals surface area contributed by atoms with Crippen LogP contribution in [0.2, 0.25) is 5.02 Å². The second-order valence-corrected chi connectivity index (χ2v) is 12.2. The minimum Gasteiger partial charge on any atom is -0.366 e. The van der Waals surface area contributed by atoms with Crippen molar-refractivity contribution >= 4 is 51.2 Å². The van der Waals surface area contributed by atoms with E-state index in [2.05, 4.69) is 19.9 Å². The van der Waals surface area contributed by atoms with E-state index in [1.807, 2.05) is 52.3 Å². The fourth-order valence-electron chi connectivity index (χ4n) is 6.70. The molecule has 2 aromatic carbocycles. The quantitative estimate of drug-likeness (QED) is 0.313. The van der Waals surface area contributed by atoms with Crippen molar-refractivity contribution in [3.05, 3.63) is 84.7 Å². The maximum Gasteiger partial charge on any atom is 0.332 e. The molecular formula is C32H33ClN8O4. The van der Waals surface area contributed by atoms with Crippen LogP contribution in [0.4, 0.5) is 11.6 Å². The van der Waals surface area contributed by atoms with Gasteiger partial charge in [0.2, 0.25) is 11.9 Å². The number of fused-ring (bicyclic) bond motifs is 2. The van der Waals surface area contributed by atoms with Crippen LogP contribution in [0, 0.1) is 5.92 Å². The lowest BCUT2D eigenvalue weighted by Crippen LogP contribution is -2.53. The third kappa shape index (κ3) is 4.98. The predicted octanol–water partition coefficient (Wildman–Crippen LogP) is 2.69. The van der Waals surface area contributed by atoms with Gasteiger partial charge in [0.25, 0.3) is 11.1 Å². The first kappa shape index (κ1) is 28.9. The maximum absolute atomic E-state index is 13.8. The van der Waals surface area contributed by atoms with Gasteiger partial charge in [0.15, 0.2) is 11.2 Å². The second-order valence-electron chi connectivity index (χ2n) is 11.8. The summed E-state index contributed by atoms with van der Waals surface area (Å²) < 4.78 is 2.40. The SMILES string of the molecule is Cn1c(=O)c2[nH]c(N3CCN(C(=O)[C@@H]4CCCN(c5c(-c6ccccc6)c6cc(Cl)ccc6[nH]c5=O)C4)CC3)nc2n(C)c1=O. The molecule has 0 radical (unpaired) electrons. The van der Waals surface area contributed by atoms with E-state index < -0.39 is 11.2 Å². The number of piperazine rings is 1. The number of hydrogen-bond donors (Lipinski definition) is 2. The van der Waals surface area contributed by atoms with Crippen LogP contribution in [0.15, 0.2) is 62.9 Å². The molecule has 1 atom stereocenters. The molecule has 5 heterocycles. The maximum atomic E-state index is 13.8. The molecule has 45 heavy (non-hydrogen) atoms. The van der Waals surface area contributed by atoms with Gasteiger partial charge in [-0.2, -0.15) is 4.98 Å². The number of hydrogen-bond acceptors (Lipinski definition) is 7. The third-order valence-electron chi connectivity index (χ3n) is 9.07. The summed E-state index contributed by atoms with van der Waals surface area (Å²) in [5.41, 5.74) is 2.53. The molecule has 0 spiro atoms. The normalized spacial score (nSPS) is 17.4. The Labute approximate surface area is 262 Å². The number of piperidine rings is 1. The summed E-state index contributed by atoms with van der Waals surface area (Å²) in [4.78, 5) is 69.0. The van der Waals surface area contributed by atoms with Gasteiger partial charge in [-0.05, 0) is 36.6 Å². The van der Waals surface area contributed by atoms with Crippen LogP contribution in [0.1, 0.15) is 12.8 Å². The van der Waals surface area contributed by atoms with E-state index in [9.17, 15) is 19.2 Å². The number of benzene rings is 2. The Morgan fingerprint density at radius 1 is 0.911 bits per heavy atom. The molecular weight excluding hydrogens is 596 g/mol. The van der Waals surface area contributed by atoms with Gasteiger partial charge in [0, 0.05) is 74.9 Å². The fraction of sp³-hybridized carbons (Fsp3) is 0.344. The van der Waals surface area contributed by atoms with E-state index in [1.165, 1.54) is 11.6 Å². The van der Waals surface area contributed by atoms with Crippen molar-refractivity contribution in [1.82, 2.24) is 29.0 Å². The Balaban J connectivity index is 1.12. The molecule has 1 amide bonds. The standard InChI is InChI=1S/C32H33ClN8O4/c1-37-27-25(30(44)38(2)32(37)45)35-31(36-27)40-15-13-39(14-16-40)29(43)20-9-6-12-41(18-20)26-24(19-7-4-3-5-8-19)22-17-21(33)10-11-23(22)34-28(26)42/h3-5,7-8,10-11,17,20H,6,9,12-16,18H2,1-2H3,(H,34,42)(H,35,36)/t20-/m1/s1. The lowest BCUT2D eigenvalue weighted by atomic mass is 9.93. The zero-order valence-corrected chi connectivity index (χ0v) is 25.8. The van der Waals surface area contributed by atoms with E-state index in [0.29, 0.717) is 67.1 Å². The highest BCUT2D eigenvalue weighted by Crippen LogP contribution is 2.37. The van der Waals surface area contributed by atoms with Crippen LogP contribution in [-0.2, 0) is 18.9 Å². The van der Waals surface area contributed by atoms with Gasteiger partial charge in [-0.3, -0.25) is 23.5 Å². The van der Waals surface area contributed by atoms with E-state index in [4.69, 9.17) is 11.6 Å². The summed E-state index contributed by atoms with van der Waals surface area (Å²) in [6, 6.07) is 15.3. The molecule has 0 saturated carbocycles. The highest BCUT2D eigenvalue weighted by atomic mass is 35.5. The number of carbonyl (C=O) groups excluding carboxylic acids is 1. The molecule has 2 saturated heterocycles. The number of halogens is 1. The summed E-state index contributed by atoms with van der Waals surface area (Å²) in [5.74, 6) is 0.317. The van der Waals surface area contributed by atoms with E-state index >= 15 is 0 Å². The molecule has 3 aromatic heterocycles. The summed E-state index contributed by atoms with van der Waals surface area (Å²) in [6.07, 6.45) is 1.53. The van der Waals surface area contributed by atoms with Crippen molar-refractivity contribution < 1.29 is 4.79 Å². The van der Waals surface area contributed by atoms with Crippen LogP contribution in [-0.4, -0.2) is 74.2 Å².